The molecule has 0 saturated heterocycles. The minimum atomic E-state index is -4.23. The lowest BCUT2D eigenvalue weighted by Crippen LogP contribution is -2.36. The molecule has 5 heteroatoms. The van der Waals surface area contributed by atoms with Crippen LogP contribution in [0.5, 0.6) is 0 Å². The van der Waals surface area contributed by atoms with Crippen LogP contribution in [0.3, 0.4) is 0 Å². The van der Waals surface area contributed by atoms with Crippen LogP contribution in [0.25, 0.3) is 0 Å². The second-order valence-corrected chi connectivity index (χ2v) is 5.47. The highest BCUT2D eigenvalue weighted by molar-refractivity contribution is 4.86. The second kappa shape index (κ2) is 6.75. The van der Waals surface area contributed by atoms with Crippen LogP contribution in [0.1, 0.15) is 45.4 Å². The molecule has 1 aliphatic rings. The third-order valence-electron chi connectivity index (χ3n) is 4.22. The third kappa shape index (κ3) is 5.14. The Hall–Kier alpha value is -0.290. The molecular weight excluding hydrogens is 243 g/mol. The van der Waals surface area contributed by atoms with E-state index in [1.807, 2.05) is 0 Å². The minimum Gasteiger partial charge on any atom is -0.372 e. The molecule has 1 fully saturated rings. The van der Waals surface area contributed by atoms with Gasteiger partial charge in [-0.05, 0) is 50.0 Å². The summed E-state index contributed by atoms with van der Waals surface area (Å²) >= 11 is 0. The second-order valence-electron chi connectivity index (χ2n) is 5.47. The Morgan fingerprint density at radius 3 is 2.33 bits per heavy atom. The lowest BCUT2D eigenvalue weighted by molar-refractivity contribution is -0.175. The van der Waals surface area contributed by atoms with Gasteiger partial charge in [0.1, 0.15) is 6.61 Å². The van der Waals surface area contributed by atoms with Crippen molar-refractivity contribution in [2.75, 3.05) is 19.8 Å². The van der Waals surface area contributed by atoms with E-state index in [-0.39, 0.29) is 12.0 Å². The van der Waals surface area contributed by atoms with Crippen molar-refractivity contribution in [3.63, 3.8) is 0 Å². The molecule has 2 N–H and O–H groups in total. The zero-order chi connectivity index (χ0) is 13.6. The van der Waals surface area contributed by atoms with Crippen LogP contribution in [-0.2, 0) is 4.74 Å². The van der Waals surface area contributed by atoms with Gasteiger partial charge in [0, 0.05) is 6.61 Å². The molecule has 0 aromatic heterocycles. The predicted octanol–water partition coefficient (Wildman–Crippen LogP) is 3.50. The van der Waals surface area contributed by atoms with Crippen LogP contribution < -0.4 is 5.73 Å². The van der Waals surface area contributed by atoms with Crippen LogP contribution in [-0.4, -0.2) is 25.9 Å². The first-order valence-electron chi connectivity index (χ1n) is 6.75. The summed E-state index contributed by atoms with van der Waals surface area (Å²) < 4.78 is 40.5. The summed E-state index contributed by atoms with van der Waals surface area (Å²) in [7, 11) is 0. The summed E-state index contributed by atoms with van der Waals surface area (Å²) in [5.41, 5.74) is 5.83. The first kappa shape index (κ1) is 15.8. The van der Waals surface area contributed by atoms with Crippen molar-refractivity contribution in [1.82, 2.24) is 0 Å². The predicted molar refractivity (Wildman–Crippen MR) is 65.2 cm³/mol. The Morgan fingerprint density at radius 2 is 1.89 bits per heavy atom. The first-order chi connectivity index (χ1) is 8.41. The van der Waals surface area contributed by atoms with Gasteiger partial charge in [-0.15, -0.1) is 0 Å². The van der Waals surface area contributed by atoms with E-state index in [0.29, 0.717) is 13.0 Å². The van der Waals surface area contributed by atoms with Gasteiger partial charge in [-0.1, -0.05) is 13.3 Å². The van der Waals surface area contributed by atoms with Gasteiger partial charge in [-0.25, -0.2) is 0 Å². The lowest BCUT2D eigenvalue weighted by Gasteiger charge is -2.39. The summed E-state index contributed by atoms with van der Waals surface area (Å²) in [6.45, 7) is 1.75. The smallest absolute Gasteiger partial charge is 0.372 e. The first-order valence-corrected chi connectivity index (χ1v) is 6.75. The Balaban J connectivity index is 2.29. The summed E-state index contributed by atoms with van der Waals surface area (Å²) in [4.78, 5) is 0. The molecule has 0 radical (unpaired) electrons. The van der Waals surface area contributed by atoms with E-state index in [9.17, 15) is 13.2 Å². The molecular formula is C13H24F3NO. The van der Waals surface area contributed by atoms with Crippen LogP contribution in [0.15, 0.2) is 0 Å². The van der Waals surface area contributed by atoms with E-state index in [1.54, 1.807) is 0 Å². The van der Waals surface area contributed by atoms with Gasteiger partial charge < -0.3 is 10.5 Å². The molecule has 0 unspecified atom stereocenters. The van der Waals surface area contributed by atoms with Crippen molar-refractivity contribution in [2.45, 2.75) is 51.6 Å². The zero-order valence-electron chi connectivity index (χ0n) is 11.1. The van der Waals surface area contributed by atoms with Gasteiger partial charge in [-0.3, -0.25) is 0 Å². The standard InChI is InChI=1S/C13H24F3NO/c1-2-11-3-5-12(9-17,6-4-11)7-8-18-10-13(14,15)16/h11H,2-10,17H2,1H3. The number of halogens is 3. The molecule has 1 aliphatic carbocycles. The Labute approximate surface area is 107 Å². The maximum absolute atomic E-state index is 11.9. The topological polar surface area (TPSA) is 35.2 Å². The Kier molecular flexibility index (Phi) is 5.92. The number of rotatable bonds is 6. The third-order valence-corrected chi connectivity index (χ3v) is 4.22. The molecule has 0 heterocycles. The van der Waals surface area contributed by atoms with Gasteiger partial charge in [0.2, 0.25) is 0 Å². The van der Waals surface area contributed by atoms with E-state index in [4.69, 9.17) is 10.5 Å². The molecule has 0 amide bonds. The van der Waals surface area contributed by atoms with Crippen molar-refractivity contribution in [2.24, 2.45) is 17.1 Å². The highest BCUT2D eigenvalue weighted by atomic mass is 19.4. The van der Waals surface area contributed by atoms with Gasteiger partial charge in [0.15, 0.2) is 0 Å². The summed E-state index contributed by atoms with van der Waals surface area (Å²) in [6.07, 6.45) is 1.95. The molecule has 0 aromatic rings. The number of hydrogen-bond acceptors (Lipinski definition) is 2. The summed E-state index contributed by atoms with van der Waals surface area (Å²) in [5, 5.41) is 0. The molecule has 0 spiro atoms. The number of alkyl halides is 3. The molecule has 0 aliphatic heterocycles. The van der Waals surface area contributed by atoms with Gasteiger partial charge in [-0.2, -0.15) is 13.2 Å². The van der Waals surface area contributed by atoms with E-state index in [0.717, 1.165) is 31.6 Å². The molecule has 1 saturated carbocycles. The van der Waals surface area contributed by atoms with E-state index in [1.165, 1.54) is 6.42 Å². The average molecular weight is 267 g/mol. The highest BCUT2D eigenvalue weighted by Crippen LogP contribution is 2.41. The monoisotopic (exact) mass is 267 g/mol. The summed E-state index contributed by atoms with van der Waals surface area (Å²) in [6, 6.07) is 0. The molecule has 18 heavy (non-hydrogen) atoms. The largest absolute Gasteiger partial charge is 0.411 e. The van der Waals surface area contributed by atoms with Crippen molar-refractivity contribution in [3.8, 4) is 0 Å². The molecule has 0 atom stereocenters. The molecule has 1 rings (SSSR count). The Morgan fingerprint density at radius 1 is 1.28 bits per heavy atom. The number of nitrogens with two attached hydrogens (primary N) is 1. The van der Waals surface area contributed by atoms with Crippen molar-refractivity contribution >= 4 is 0 Å². The van der Waals surface area contributed by atoms with Gasteiger partial charge >= 0.3 is 6.18 Å². The zero-order valence-corrected chi connectivity index (χ0v) is 11.1. The number of hydrogen-bond donors (Lipinski definition) is 1. The Bertz CT molecular complexity index is 235. The average Bonchev–Trinajstić information content (AvgIpc) is 2.34. The maximum atomic E-state index is 11.9. The summed E-state index contributed by atoms with van der Waals surface area (Å²) in [5.74, 6) is 0.765. The van der Waals surface area contributed by atoms with E-state index >= 15 is 0 Å². The van der Waals surface area contributed by atoms with E-state index < -0.39 is 12.8 Å². The fourth-order valence-electron chi connectivity index (χ4n) is 2.73. The van der Waals surface area contributed by atoms with Crippen molar-refractivity contribution in [3.05, 3.63) is 0 Å². The molecule has 0 aromatic carbocycles. The van der Waals surface area contributed by atoms with Gasteiger partial charge in [0.05, 0.1) is 0 Å². The molecule has 2 nitrogen and oxygen atoms in total. The fraction of sp³-hybridized carbons (Fsp3) is 1.00. The minimum absolute atomic E-state index is 0.0112. The molecule has 108 valence electrons. The van der Waals surface area contributed by atoms with E-state index in [2.05, 4.69) is 6.92 Å². The van der Waals surface area contributed by atoms with Crippen LogP contribution in [0.2, 0.25) is 0 Å². The molecule has 0 bridgehead atoms. The fourth-order valence-corrected chi connectivity index (χ4v) is 2.73. The lowest BCUT2D eigenvalue weighted by atomic mass is 9.68. The van der Waals surface area contributed by atoms with Crippen molar-refractivity contribution < 1.29 is 17.9 Å². The van der Waals surface area contributed by atoms with Crippen LogP contribution in [0.4, 0.5) is 13.2 Å². The van der Waals surface area contributed by atoms with Gasteiger partial charge in [0.25, 0.3) is 0 Å². The van der Waals surface area contributed by atoms with Crippen molar-refractivity contribution in [1.29, 1.82) is 0 Å². The SMILES string of the molecule is CCC1CCC(CN)(CCOCC(F)(F)F)CC1. The van der Waals surface area contributed by atoms with Crippen LogP contribution >= 0.6 is 0 Å². The number of ether oxygens (including phenoxy) is 1. The highest BCUT2D eigenvalue weighted by Gasteiger charge is 2.34. The maximum Gasteiger partial charge on any atom is 0.411 e. The van der Waals surface area contributed by atoms with Crippen LogP contribution in [0, 0.1) is 11.3 Å². The normalized spacial score (nSPS) is 29.5. The quantitative estimate of drug-likeness (QED) is 0.747.